The maximum Gasteiger partial charge on any atom is 0.266 e. The minimum atomic E-state index is -4.00. The van der Waals surface area contributed by atoms with Crippen LogP contribution in [0.5, 0.6) is 0 Å². The first-order valence-corrected chi connectivity index (χ1v) is 10.2. The van der Waals surface area contributed by atoms with Gasteiger partial charge >= 0.3 is 0 Å². The van der Waals surface area contributed by atoms with E-state index in [1.54, 1.807) is 0 Å². The van der Waals surface area contributed by atoms with Gasteiger partial charge in [0.2, 0.25) is 5.91 Å². The molecule has 1 amide bonds. The van der Waals surface area contributed by atoms with Crippen LogP contribution in [0.1, 0.15) is 78.1 Å². The summed E-state index contributed by atoms with van der Waals surface area (Å²) in [6.07, 6.45) is 12.2. The quantitative estimate of drug-likeness (QED) is 0.388. The molecule has 0 fully saturated rings. The summed E-state index contributed by atoms with van der Waals surface area (Å²) < 4.78 is 30.2. The molecule has 0 aromatic carbocycles. The minimum absolute atomic E-state index is 0.0750. The van der Waals surface area contributed by atoms with E-state index >= 15 is 0 Å². The van der Waals surface area contributed by atoms with Crippen molar-refractivity contribution < 1.29 is 17.8 Å². The monoisotopic (exact) mass is 335 g/mol. The molecule has 0 atom stereocenters. The van der Waals surface area contributed by atoms with Crippen LogP contribution >= 0.6 is 0 Å². The van der Waals surface area contributed by atoms with Gasteiger partial charge in [0.1, 0.15) is 0 Å². The van der Waals surface area contributed by atoms with Crippen molar-refractivity contribution in [3.05, 3.63) is 0 Å². The number of hydrogen-bond acceptors (Lipinski definition) is 3. The molecule has 1 N–H and O–H groups in total. The van der Waals surface area contributed by atoms with E-state index in [2.05, 4.69) is 6.92 Å². The highest BCUT2D eigenvalue weighted by Gasteiger charge is 2.12. The lowest BCUT2D eigenvalue weighted by Crippen LogP contribution is -2.34. The van der Waals surface area contributed by atoms with Gasteiger partial charge in [-0.15, -0.1) is 0 Å². The predicted molar refractivity (Wildman–Crippen MR) is 90.5 cm³/mol. The Morgan fingerprint density at radius 1 is 0.864 bits per heavy atom. The van der Waals surface area contributed by atoms with Gasteiger partial charge in [0.15, 0.2) is 0 Å². The lowest BCUT2D eigenvalue weighted by molar-refractivity contribution is -0.128. The van der Waals surface area contributed by atoms with Gasteiger partial charge in [-0.2, -0.15) is 8.42 Å². The largest absolute Gasteiger partial charge is 0.342 e. The smallest absolute Gasteiger partial charge is 0.266 e. The topological polar surface area (TPSA) is 74.7 Å². The number of amides is 1. The molecule has 0 rings (SSSR count). The first kappa shape index (κ1) is 21.4. The van der Waals surface area contributed by atoms with Gasteiger partial charge in [-0.05, 0) is 6.42 Å². The third-order valence-corrected chi connectivity index (χ3v) is 4.54. The highest BCUT2D eigenvalue weighted by atomic mass is 32.2. The SMILES string of the molecule is CCCCCCCCCCCCN(CCS(=O)(=O)O)C(C)=O. The number of carbonyl (C=O) groups excluding carboxylic acids is 1. The van der Waals surface area contributed by atoms with Gasteiger partial charge in [-0.1, -0.05) is 64.7 Å². The molecule has 0 bridgehead atoms. The second-order valence-corrected chi connectivity index (χ2v) is 7.55. The van der Waals surface area contributed by atoms with Crippen LogP contribution in [-0.4, -0.2) is 42.6 Å². The van der Waals surface area contributed by atoms with Crippen molar-refractivity contribution in [2.75, 3.05) is 18.8 Å². The molecule has 0 saturated carbocycles. The Kier molecular flexibility index (Phi) is 12.5. The van der Waals surface area contributed by atoms with Gasteiger partial charge in [-0.25, -0.2) is 0 Å². The zero-order valence-electron chi connectivity index (χ0n) is 14.2. The molecule has 22 heavy (non-hydrogen) atoms. The summed E-state index contributed by atoms with van der Waals surface area (Å²) in [5.41, 5.74) is 0. The third-order valence-electron chi connectivity index (χ3n) is 3.85. The van der Waals surface area contributed by atoms with Crippen LogP contribution in [0.15, 0.2) is 0 Å². The fourth-order valence-corrected chi connectivity index (χ4v) is 2.89. The Balaban J connectivity index is 3.59. The van der Waals surface area contributed by atoms with Crippen LogP contribution in [0.3, 0.4) is 0 Å². The minimum Gasteiger partial charge on any atom is -0.342 e. The van der Waals surface area contributed by atoms with E-state index in [0.29, 0.717) is 6.54 Å². The van der Waals surface area contributed by atoms with Crippen molar-refractivity contribution in [2.24, 2.45) is 0 Å². The van der Waals surface area contributed by atoms with Crippen LogP contribution in [0.4, 0.5) is 0 Å². The van der Waals surface area contributed by atoms with Gasteiger partial charge in [0, 0.05) is 20.0 Å². The Morgan fingerprint density at radius 2 is 1.32 bits per heavy atom. The number of hydrogen-bond donors (Lipinski definition) is 1. The van der Waals surface area contributed by atoms with E-state index < -0.39 is 10.1 Å². The molecule has 0 heterocycles. The van der Waals surface area contributed by atoms with Crippen molar-refractivity contribution in [1.29, 1.82) is 0 Å². The van der Waals surface area contributed by atoms with Crippen molar-refractivity contribution in [2.45, 2.75) is 78.1 Å². The zero-order chi connectivity index (χ0) is 16.8. The van der Waals surface area contributed by atoms with E-state index in [1.807, 2.05) is 0 Å². The first-order chi connectivity index (χ1) is 10.4. The number of carbonyl (C=O) groups is 1. The summed E-state index contributed by atoms with van der Waals surface area (Å²) >= 11 is 0. The van der Waals surface area contributed by atoms with E-state index in [9.17, 15) is 13.2 Å². The molecule has 0 aromatic rings. The highest BCUT2D eigenvalue weighted by molar-refractivity contribution is 7.85. The molecule has 0 aromatic heterocycles. The third kappa shape index (κ3) is 14.3. The maximum absolute atomic E-state index is 11.4. The van der Waals surface area contributed by atoms with Crippen molar-refractivity contribution in [3.63, 3.8) is 0 Å². The van der Waals surface area contributed by atoms with Crippen LogP contribution in [0.2, 0.25) is 0 Å². The lowest BCUT2D eigenvalue weighted by atomic mass is 10.1. The summed E-state index contributed by atoms with van der Waals surface area (Å²) in [5, 5.41) is 0. The van der Waals surface area contributed by atoms with Crippen molar-refractivity contribution in [1.82, 2.24) is 4.90 Å². The van der Waals surface area contributed by atoms with Crippen molar-refractivity contribution >= 4 is 16.0 Å². The summed E-state index contributed by atoms with van der Waals surface area (Å²) in [6.45, 7) is 4.30. The van der Waals surface area contributed by atoms with E-state index in [0.717, 1.165) is 19.3 Å². The van der Waals surface area contributed by atoms with Gasteiger partial charge in [0.05, 0.1) is 5.75 Å². The first-order valence-electron chi connectivity index (χ1n) is 8.57. The molecular weight excluding hydrogens is 302 g/mol. The van der Waals surface area contributed by atoms with Crippen molar-refractivity contribution in [3.8, 4) is 0 Å². The highest BCUT2D eigenvalue weighted by Crippen LogP contribution is 2.10. The molecule has 6 heteroatoms. The van der Waals surface area contributed by atoms with Gasteiger partial charge in [-0.3, -0.25) is 9.35 Å². The molecule has 0 aliphatic rings. The molecule has 0 spiro atoms. The summed E-state index contributed by atoms with van der Waals surface area (Å²) in [6, 6.07) is 0. The van der Waals surface area contributed by atoms with Crippen LogP contribution < -0.4 is 0 Å². The molecule has 0 radical (unpaired) electrons. The second-order valence-electron chi connectivity index (χ2n) is 5.97. The average molecular weight is 336 g/mol. The lowest BCUT2D eigenvalue weighted by Gasteiger charge is -2.20. The Bertz CT molecular complexity index is 382. The standard InChI is InChI=1S/C16H33NO4S/c1-3-4-5-6-7-8-9-10-11-12-13-17(16(2)18)14-15-22(19,20)21/h3-15H2,1-2H3,(H,19,20,21). The Labute approximate surface area is 136 Å². The molecule has 0 saturated heterocycles. The van der Waals surface area contributed by atoms with Crippen LogP contribution in [-0.2, 0) is 14.9 Å². The van der Waals surface area contributed by atoms with E-state index in [-0.39, 0.29) is 18.2 Å². The van der Waals surface area contributed by atoms with E-state index in [1.165, 1.54) is 56.8 Å². The predicted octanol–water partition coefficient (Wildman–Crippen LogP) is 3.64. The zero-order valence-corrected chi connectivity index (χ0v) is 15.0. The van der Waals surface area contributed by atoms with Gasteiger partial charge in [0.25, 0.3) is 10.1 Å². The molecule has 0 unspecified atom stereocenters. The average Bonchev–Trinajstić information content (AvgIpc) is 2.42. The molecule has 0 aliphatic carbocycles. The molecule has 5 nitrogen and oxygen atoms in total. The summed E-state index contributed by atoms with van der Waals surface area (Å²) in [5.74, 6) is -0.524. The Hall–Kier alpha value is -0.620. The van der Waals surface area contributed by atoms with E-state index in [4.69, 9.17) is 4.55 Å². The van der Waals surface area contributed by atoms with Crippen LogP contribution in [0.25, 0.3) is 0 Å². The van der Waals surface area contributed by atoms with Gasteiger partial charge < -0.3 is 4.90 Å². The number of unbranched alkanes of at least 4 members (excludes halogenated alkanes) is 9. The summed E-state index contributed by atoms with van der Waals surface area (Å²) in [7, 11) is -4.00. The fourth-order valence-electron chi connectivity index (χ4n) is 2.44. The van der Waals surface area contributed by atoms with Crippen LogP contribution in [0, 0.1) is 0 Å². The Morgan fingerprint density at radius 3 is 1.73 bits per heavy atom. The second kappa shape index (κ2) is 12.9. The maximum atomic E-state index is 11.4. The molecular formula is C16H33NO4S. The normalized spacial score (nSPS) is 11.6. The summed E-state index contributed by atoms with van der Waals surface area (Å²) in [4.78, 5) is 12.9. The molecule has 132 valence electrons. The fraction of sp³-hybridized carbons (Fsp3) is 0.938. The number of rotatable bonds is 14. The number of nitrogens with zero attached hydrogens (tertiary/aromatic N) is 1. The molecule has 0 aliphatic heterocycles.